The van der Waals surface area contributed by atoms with Crippen molar-refractivity contribution in [2.24, 2.45) is 0 Å². The van der Waals surface area contributed by atoms with Crippen LogP contribution >= 0.6 is 27.5 Å². The number of nitrogens with two attached hydrogens (primary N) is 1. The van der Waals surface area contributed by atoms with E-state index in [0.29, 0.717) is 0 Å². The summed E-state index contributed by atoms with van der Waals surface area (Å²) in [4.78, 5) is 0. The second-order valence-electron chi connectivity index (χ2n) is 3.78. The van der Waals surface area contributed by atoms with Gasteiger partial charge in [-0.05, 0) is 58.7 Å². The van der Waals surface area contributed by atoms with Gasteiger partial charge in [-0.2, -0.15) is 0 Å². The maximum Gasteiger partial charge on any atom is 0.0530 e. The van der Waals surface area contributed by atoms with E-state index in [4.69, 9.17) is 17.3 Å². The van der Waals surface area contributed by atoms with Crippen LogP contribution in [0.3, 0.4) is 0 Å². The summed E-state index contributed by atoms with van der Waals surface area (Å²) in [5.41, 5.74) is 9.40. The van der Waals surface area contributed by atoms with Gasteiger partial charge in [0.1, 0.15) is 0 Å². The summed E-state index contributed by atoms with van der Waals surface area (Å²) in [7, 11) is 0. The lowest BCUT2D eigenvalue weighted by molar-refractivity contribution is 1.42. The van der Waals surface area contributed by atoms with Crippen molar-refractivity contribution in [1.29, 1.82) is 0 Å². The van der Waals surface area contributed by atoms with Crippen LogP contribution in [0.5, 0.6) is 0 Å². The van der Waals surface area contributed by atoms with Crippen LogP contribution in [0.1, 0.15) is 5.56 Å². The van der Waals surface area contributed by atoms with E-state index in [-0.39, 0.29) is 0 Å². The summed E-state index contributed by atoms with van der Waals surface area (Å²) in [6, 6.07) is 11.4. The van der Waals surface area contributed by atoms with E-state index in [1.54, 1.807) is 0 Å². The molecule has 3 N–H and O–H groups in total. The predicted octanol–water partition coefficient (Wildman–Crippen LogP) is 4.74. The van der Waals surface area contributed by atoms with Gasteiger partial charge >= 0.3 is 0 Å². The second kappa shape index (κ2) is 4.98. The first-order chi connectivity index (χ1) is 8.08. The summed E-state index contributed by atoms with van der Waals surface area (Å²) in [5, 5.41) is 4.07. The predicted molar refractivity (Wildman–Crippen MR) is 78.0 cm³/mol. The highest BCUT2D eigenvalue weighted by Gasteiger charge is 2.05. The van der Waals surface area contributed by atoms with Crippen molar-refractivity contribution < 1.29 is 0 Å². The van der Waals surface area contributed by atoms with Gasteiger partial charge in [-0.25, -0.2) is 0 Å². The van der Waals surface area contributed by atoms with Gasteiger partial charge in [0.2, 0.25) is 0 Å². The molecule has 2 rings (SSSR count). The molecule has 88 valence electrons. The molecule has 0 amide bonds. The summed E-state index contributed by atoms with van der Waals surface area (Å²) in [5.74, 6) is 0. The Morgan fingerprint density at radius 2 is 1.94 bits per heavy atom. The summed E-state index contributed by atoms with van der Waals surface area (Å²) in [6.07, 6.45) is 0. The first-order valence-electron chi connectivity index (χ1n) is 5.15. The molecule has 0 fully saturated rings. The molecule has 0 aliphatic rings. The maximum atomic E-state index is 6.07. The number of anilines is 3. The third-order valence-corrected chi connectivity index (χ3v) is 3.60. The van der Waals surface area contributed by atoms with Gasteiger partial charge in [0.15, 0.2) is 0 Å². The van der Waals surface area contributed by atoms with Crippen LogP contribution in [-0.4, -0.2) is 0 Å². The molecule has 0 unspecified atom stereocenters. The highest BCUT2D eigenvalue weighted by molar-refractivity contribution is 9.10. The van der Waals surface area contributed by atoms with E-state index in [1.165, 1.54) is 0 Å². The molecule has 4 heteroatoms. The Hall–Kier alpha value is -1.19. The molecule has 0 atom stereocenters. The van der Waals surface area contributed by atoms with E-state index >= 15 is 0 Å². The molecule has 2 nitrogen and oxygen atoms in total. The standard InChI is InChI=1S/C13H12BrClN2/c1-8-11(15)3-2-4-12(8)17-13-6-5-9(16)7-10(13)14/h2-7,17H,16H2,1H3. The van der Waals surface area contributed by atoms with Crippen LogP contribution in [-0.2, 0) is 0 Å². The fourth-order valence-electron chi connectivity index (χ4n) is 1.52. The van der Waals surface area contributed by atoms with Crippen molar-refractivity contribution in [3.8, 4) is 0 Å². The van der Waals surface area contributed by atoms with Crippen LogP contribution in [0.25, 0.3) is 0 Å². The van der Waals surface area contributed by atoms with Gasteiger partial charge < -0.3 is 11.1 Å². The fourth-order valence-corrected chi connectivity index (χ4v) is 2.19. The van der Waals surface area contributed by atoms with Crippen molar-refractivity contribution >= 4 is 44.6 Å². The van der Waals surface area contributed by atoms with E-state index in [0.717, 1.165) is 32.1 Å². The van der Waals surface area contributed by atoms with Crippen molar-refractivity contribution in [3.63, 3.8) is 0 Å². The first kappa shape index (κ1) is 12.3. The Labute approximate surface area is 114 Å². The SMILES string of the molecule is Cc1c(Cl)cccc1Nc1ccc(N)cc1Br. The van der Waals surface area contributed by atoms with Crippen LogP contribution < -0.4 is 11.1 Å². The van der Waals surface area contributed by atoms with Gasteiger partial charge in [-0.1, -0.05) is 17.7 Å². The zero-order valence-corrected chi connectivity index (χ0v) is 11.6. The topological polar surface area (TPSA) is 38.0 Å². The van der Waals surface area contributed by atoms with Gasteiger partial charge in [-0.15, -0.1) is 0 Å². The number of nitrogen functional groups attached to an aromatic ring is 1. The van der Waals surface area contributed by atoms with Crippen molar-refractivity contribution in [1.82, 2.24) is 0 Å². The molecule has 0 aliphatic carbocycles. The van der Waals surface area contributed by atoms with Crippen LogP contribution in [0.15, 0.2) is 40.9 Å². The summed E-state index contributed by atoms with van der Waals surface area (Å²) >= 11 is 9.55. The lowest BCUT2D eigenvalue weighted by Gasteiger charge is -2.12. The number of halogens is 2. The summed E-state index contributed by atoms with van der Waals surface area (Å²) < 4.78 is 0.928. The average Bonchev–Trinajstić information content (AvgIpc) is 2.28. The lowest BCUT2D eigenvalue weighted by Crippen LogP contribution is -1.95. The van der Waals surface area contributed by atoms with Gasteiger partial charge in [-0.3, -0.25) is 0 Å². The fraction of sp³-hybridized carbons (Fsp3) is 0.0769. The molecule has 0 spiro atoms. The van der Waals surface area contributed by atoms with Gasteiger partial charge in [0.05, 0.1) is 5.69 Å². The van der Waals surface area contributed by atoms with Gasteiger partial charge in [0.25, 0.3) is 0 Å². The lowest BCUT2D eigenvalue weighted by atomic mass is 10.2. The molecular formula is C13H12BrClN2. The molecule has 2 aromatic carbocycles. The zero-order chi connectivity index (χ0) is 12.4. The minimum Gasteiger partial charge on any atom is -0.399 e. The van der Waals surface area contributed by atoms with Crippen molar-refractivity contribution in [2.45, 2.75) is 6.92 Å². The molecule has 0 heterocycles. The van der Waals surface area contributed by atoms with E-state index in [1.807, 2.05) is 43.3 Å². The Morgan fingerprint density at radius 1 is 1.18 bits per heavy atom. The third-order valence-electron chi connectivity index (χ3n) is 2.53. The van der Waals surface area contributed by atoms with Crippen molar-refractivity contribution in [2.75, 3.05) is 11.1 Å². The maximum absolute atomic E-state index is 6.07. The number of nitrogens with one attached hydrogen (secondary N) is 1. The number of hydrogen-bond donors (Lipinski definition) is 2. The molecule has 0 saturated carbocycles. The van der Waals surface area contributed by atoms with E-state index < -0.39 is 0 Å². The number of hydrogen-bond acceptors (Lipinski definition) is 2. The quantitative estimate of drug-likeness (QED) is 0.786. The van der Waals surface area contributed by atoms with Crippen LogP contribution in [0.2, 0.25) is 5.02 Å². The largest absolute Gasteiger partial charge is 0.399 e. The molecule has 0 bridgehead atoms. The molecule has 17 heavy (non-hydrogen) atoms. The second-order valence-corrected chi connectivity index (χ2v) is 5.04. The molecule has 0 saturated heterocycles. The van der Waals surface area contributed by atoms with E-state index in [2.05, 4.69) is 21.2 Å². The smallest absolute Gasteiger partial charge is 0.0530 e. The molecular weight excluding hydrogens is 300 g/mol. The molecule has 2 aromatic rings. The Balaban J connectivity index is 2.35. The monoisotopic (exact) mass is 310 g/mol. The van der Waals surface area contributed by atoms with Crippen molar-refractivity contribution in [3.05, 3.63) is 51.5 Å². The highest BCUT2D eigenvalue weighted by atomic mass is 79.9. The number of benzene rings is 2. The zero-order valence-electron chi connectivity index (χ0n) is 9.30. The Kier molecular flexibility index (Phi) is 3.60. The molecule has 0 aliphatic heterocycles. The summed E-state index contributed by atoms with van der Waals surface area (Å²) in [6.45, 7) is 1.98. The normalized spacial score (nSPS) is 10.3. The third kappa shape index (κ3) is 2.73. The Morgan fingerprint density at radius 3 is 2.65 bits per heavy atom. The highest BCUT2D eigenvalue weighted by Crippen LogP contribution is 2.31. The Bertz CT molecular complexity index is 555. The van der Waals surface area contributed by atoms with E-state index in [9.17, 15) is 0 Å². The minimum atomic E-state index is 0.727. The average molecular weight is 312 g/mol. The molecule has 0 radical (unpaired) electrons. The van der Waals surface area contributed by atoms with Crippen LogP contribution in [0, 0.1) is 6.92 Å². The molecule has 0 aromatic heterocycles. The van der Waals surface area contributed by atoms with Crippen LogP contribution in [0.4, 0.5) is 17.1 Å². The number of rotatable bonds is 2. The van der Waals surface area contributed by atoms with Gasteiger partial charge in [0, 0.05) is 20.9 Å². The first-order valence-corrected chi connectivity index (χ1v) is 6.32. The minimum absolute atomic E-state index is 0.727.